The smallest absolute Gasteiger partial charge is 0.410 e. The molecule has 2 heterocycles. The number of aromatic nitrogens is 1. The number of carbonyl (C=O) groups is 1. The van der Waals surface area contributed by atoms with Crippen molar-refractivity contribution >= 4 is 17.0 Å². The maximum atomic E-state index is 13.3. The van der Waals surface area contributed by atoms with Crippen LogP contribution in [0, 0.1) is 5.92 Å². The second-order valence-corrected chi connectivity index (χ2v) is 11.3. The van der Waals surface area contributed by atoms with E-state index in [1.165, 1.54) is 0 Å². The van der Waals surface area contributed by atoms with Crippen LogP contribution in [0.1, 0.15) is 41.3 Å². The number of benzene rings is 3. The van der Waals surface area contributed by atoms with Gasteiger partial charge in [-0.2, -0.15) is 0 Å². The third-order valence-corrected chi connectivity index (χ3v) is 8.78. The second-order valence-electron chi connectivity index (χ2n) is 11.3. The normalized spacial score (nSPS) is 21.0. The Morgan fingerprint density at radius 3 is 2.21 bits per heavy atom. The van der Waals surface area contributed by atoms with Crippen LogP contribution in [0.4, 0.5) is 4.79 Å². The Morgan fingerprint density at radius 2 is 1.57 bits per heavy atom. The first-order valence-corrected chi connectivity index (χ1v) is 14.7. The van der Waals surface area contributed by atoms with E-state index in [0.717, 1.165) is 33.3 Å². The van der Waals surface area contributed by atoms with E-state index in [9.17, 15) is 9.90 Å². The molecule has 1 aliphatic heterocycles. The molecule has 1 aromatic heterocycles. The number of rotatable bonds is 10. The number of aliphatic hydroxyl groups excluding tert-OH is 1. The van der Waals surface area contributed by atoms with Gasteiger partial charge in [0.15, 0.2) is 0 Å². The molecule has 0 radical (unpaired) electrons. The van der Waals surface area contributed by atoms with Crippen LogP contribution in [0.15, 0.2) is 97.6 Å². The molecule has 3 unspecified atom stereocenters. The number of hydrogen-bond donors (Lipinski definition) is 2. The van der Waals surface area contributed by atoms with Crippen molar-refractivity contribution in [3.8, 4) is 0 Å². The first kappa shape index (κ1) is 28.2. The minimum absolute atomic E-state index is 0.138. The summed E-state index contributed by atoms with van der Waals surface area (Å²) in [4.78, 5) is 18.8. The quantitative estimate of drug-likeness (QED) is 0.221. The zero-order valence-corrected chi connectivity index (χ0v) is 23.8. The molecule has 0 spiro atoms. The molecule has 218 valence electrons. The second kappa shape index (κ2) is 12.5. The van der Waals surface area contributed by atoms with Crippen LogP contribution >= 0.6 is 0 Å². The molecule has 7 nitrogen and oxygen atoms in total. The fourth-order valence-corrected chi connectivity index (χ4v) is 6.83. The molecule has 1 fully saturated rings. The highest BCUT2D eigenvalue weighted by Crippen LogP contribution is 2.52. The van der Waals surface area contributed by atoms with E-state index in [-0.39, 0.29) is 18.6 Å². The van der Waals surface area contributed by atoms with Gasteiger partial charge in [0.05, 0.1) is 44.0 Å². The Morgan fingerprint density at radius 1 is 0.952 bits per heavy atom. The van der Waals surface area contributed by atoms with Crippen LogP contribution < -0.4 is 0 Å². The van der Waals surface area contributed by atoms with E-state index < -0.39 is 17.6 Å². The predicted molar refractivity (Wildman–Crippen MR) is 162 cm³/mol. The van der Waals surface area contributed by atoms with E-state index in [2.05, 4.69) is 48.0 Å². The Kier molecular flexibility index (Phi) is 8.42. The zero-order valence-electron chi connectivity index (χ0n) is 23.8. The first-order valence-electron chi connectivity index (χ1n) is 14.7. The van der Waals surface area contributed by atoms with Crippen molar-refractivity contribution < 1.29 is 24.1 Å². The van der Waals surface area contributed by atoms with Gasteiger partial charge in [-0.1, -0.05) is 91.5 Å². The van der Waals surface area contributed by atoms with Crippen LogP contribution in [0.25, 0.3) is 10.9 Å². The summed E-state index contributed by atoms with van der Waals surface area (Å²) >= 11 is 0. The largest absolute Gasteiger partial charge is 0.445 e. The van der Waals surface area contributed by atoms with E-state index >= 15 is 0 Å². The van der Waals surface area contributed by atoms with Gasteiger partial charge >= 0.3 is 6.09 Å². The molecular weight excluding hydrogens is 528 g/mol. The molecule has 1 amide bonds. The lowest BCUT2D eigenvalue weighted by Crippen LogP contribution is -2.50. The zero-order chi connectivity index (χ0) is 28.9. The number of fused-ring (bicyclic) bond motifs is 7. The lowest BCUT2D eigenvalue weighted by atomic mass is 9.69. The van der Waals surface area contributed by atoms with E-state index in [0.29, 0.717) is 45.8 Å². The highest BCUT2D eigenvalue weighted by Gasteiger charge is 2.54. The fourth-order valence-electron chi connectivity index (χ4n) is 6.83. The summed E-state index contributed by atoms with van der Waals surface area (Å²) in [5, 5.41) is 12.9. The van der Waals surface area contributed by atoms with Gasteiger partial charge in [-0.25, -0.2) is 4.79 Å². The molecule has 6 rings (SSSR count). The predicted octanol–water partition coefficient (Wildman–Crippen LogP) is 6.29. The number of aromatic amines is 1. The van der Waals surface area contributed by atoms with Crippen LogP contribution in [0.3, 0.4) is 0 Å². The monoisotopic (exact) mass is 566 g/mol. The van der Waals surface area contributed by atoms with Crippen molar-refractivity contribution in [1.82, 2.24) is 9.88 Å². The third kappa shape index (κ3) is 5.48. The SMILES string of the molecule is C=CCOC(=O)N1CCC2C(O)CC1c1c([nH]c3ccccc13)C2(COCc1ccccc1)COCc1ccccc1. The van der Waals surface area contributed by atoms with E-state index in [1.807, 2.05) is 48.5 Å². The van der Waals surface area contributed by atoms with Gasteiger partial charge in [-0.05, 0) is 30.0 Å². The summed E-state index contributed by atoms with van der Waals surface area (Å²) < 4.78 is 18.6. The molecule has 7 heteroatoms. The molecule has 0 saturated carbocycles. The number of likely N-dealkylation sites (tertiary alicyclic amines) is 1. The molecule has 2 bridgehead atoms. The standard InChI is InChI=1S/C35H38N2O5/c1-2-19-42-34(39)37-18-17-28-31(38)20-30(37)32-27-15-9-10-16-29(27)36-33(32)35(28,23-40-21-25-11-5-3-6-12-25)24-41-22-26-13-7-4-8-14-26/h2-16,28,30-31,36,38H,1,17-24H2. The minimum Gasteiger partial charge on any atom is -0.445 e. The summed E-state index contributed by atoms with van der Waals surface area (Å²) in [5.74, 6) is -0.224. The van der Waals surface area contributed by atoms with Crippen molar-refractivity contribution in [1.29, 1.82) is 0 Å². The van der Waals surface area contributed by atoms with Crippen molar-refractivity contribution in [2.24, 2.45) is 5.92 Å². The maximum Gasteiger partial charge on any atom is 0.410 e. The number of nitrogens with one attached hydrogen (secondary N) is 1. The van der Waals surface area contributed by atoms with Crippen LogP contribution in [0.2, 0.25) is 0 Å². The molecule has 3 atom stereocenters. The number of aliphatic hydroxyl groups is 1. The Hall–Kier alpha value is -3.91. The topological polar surface area (TPSA) is 84.0 Å². The number of ether oxygens (including phenoxy) is 3. The molecule has 4 aromatic rings. The molecule has 1 aliphatic carbocycles. The first-order chi connectivity index (χ1) is 20.6. The Bertz CT molecular complexity index is 1460. The summed E-state index contributed by atoms with van der Waals surface area (Å²) in [5.41, 5.74) is 4.46. The highest BCUT2D eigenvalue weighted by atomic mass is 16.6. The molecule has 1 saturated heterocycles. The van der Waals surface area contributed by atoms with Gasteiger partial charge in [-0.15, -0.1) is 0 Å². The van der Waals surface area contributed by atoms with E-state index in [4.69, 9.17) is 14.2 Å². The maximum absolute atomic E-state index is 13.3. The van der Waals surface area contributed by atoms with Gasteiger partial charge in [0.25, 0.3) is 0 Å². The van der Waals surface area contributed by atoms with Crippen LogP contribution in [0.5, 0.6) is 0 Å². The van der Waals surface area contributed by atoms with Crippen molar-refractivity contribution in [2.75, 3.05) is 26.4 Å². The number of carbonyl (C=O) groups excluding carboxylic acids is 1. The van der Waals surface area contributed by atoms with E-state index in [1.54, 1.807) is 11.0 Å². The molecule has 2 N–H and O–H groups in total. The average Bonchev–Trinajstić information content (AvgIpc) is 3.27. The van der Waals surface area contributed by atoms with Crippen molar-refractivity contribution in [3.63, 3.8) is 0 Å². The molecule has 3 aromatic carbocycles. The number of hydrogen-bond acceptors (Lipinski definition) is 5. The fraction of sp³-hybridized carbons (Fsp3) is 0.343. The number of para-hydroxylation sites is 1. The summed E-state index contributed by atoms with van der Waals surface area (Å²) in [7, 11) is 0. The summed E-state index contributed by atoms with van der Waals surface area (Å²) in [6, 6.07) is 28.0. The average molecular weight is 567 g/mol. The molecule has 42 heavy (non-hydrogen) atoms. The number of nitrogens with zero attached hydrogens (tertiary/aromatic N) is 1. The van der Waals surface area contributed by atoms with Gasteiger partial charge in [-0.3, -0.25) is 0 Å². The highest BCUT2D eigenvalue weighted by molar-refractivity contribution is 5.86. The van der Waals surface area contributed by atoms with Crippen molar-refractivity contribution in [3.05, 3.63) is 120 Å². The number of amides is 1. The van der Waals surface area contributed by atoms with Gasteiger partial charge in [0.2, 0.25) is 0 Å². The lowest BCUT2D eigenvalue weighted by Gasteiger charge is -2.42. The Labute approximate surface area is 246 Å². The Balaban J connectivity index is 1.44. The summed E-state index contributed by atoms with van der Waals surface area (Å²) in [6.45, 7) is 5.89. The minimum atomic E-state index is -0.677. The molecular formula is C35H38N2O5. The lowest BCUT2D eigenvalue weighted by molar-refractivity contribution is -0.0531. The van der Waals surface area contributed by atoms with Crippen molar-refractivity contribution in [2.45, 2.75) is 43.6 Å². The van der Waals surface area contributed by atoms with Gasteiger partial charge < -0.3 is 29.2 Å². The summed E-state index contributed by atoms with van der Waals surface area (Å²) in [6.07, 6.45) is 1.50. The molecule has 2 aliphatic rings. The van der Waals surface area contributed by atoms with Gasteiger partial charge in [0, 0.05) is 34.6 Å². The third-order valence-electron chi connectivity index (χ3n) is 8.78. The van der Waals surface area contributed by atoms with Crippen LogP contribution in [-0.4, -0.2) is 53.6 Å². The van der Waals surface area contributed by atoms with Gasteiger partial charge in [0.1, 0.15) is 6.61 Å². The number of H-pyrrole nitrogens is 1. The van der Waals surface area contributed by atoms with Crippen LogP contribution in [-0.2, 0) is 32.8 Å².